The topological polar surface area (TPSA) is 50.8 Å². The molecule has 1 unspecified atom stereocenters. The number of halogens is 1. The predicted molar refractivity (Wildman–Crippen MR) is 64.6 cm³/mol. The number of aliphatic imine (C=N–C) groups is 1. The molecule has 1 aliphatic heterocycles. The Balaban J connectivity index is 0.00000144. The molecule has 5 heteroatoms. The third kappa shape index (κ3) is 4.66. The molecule has 1 rings (SSSR count). The fourth-order valence-electron chi connectivity index (χ4n) is 1.13. The third-order valence-corrected chi connectivity index (χ3v) is 1.94. The van der Waals surface area contributed by atoms with Gasteiger partial charge >= 0.3 is 0 Å². The minimum atomic E-state index is 0. The highest BCUT2D eigenvalue weighted by atomic mass is 127. The molecule has 0 saturated carbocycles. The second kappa shape index (κ2) is 6.42. The van der Waals surface area contributed by atoms with Gasteiger partial charge in [-0.1, -0.05) is 0 Å². The fraction of sp³-hybridized carbons (Fsp3) is 0.875. The van der Waals surface area contributed by atoms with E-state index in [1.807, 2.05) is 14.1 Å². The minimum absolute atomic E-state index is 0. The van der Waals surface area contributed by atoms with Gasteiger partial charge in [0.15, 0.2) is 5.96 Å². The second-order valence-electron chi connectivity index (χ2n) is 3.23. The van der Waals surface area contributed by atoms with Gasteiger partial charge in [-0.05, 0) is 12.8 Å². The van der Waals surface area contributed by atoms with Crippen molar-refractivity contribution in [2.45, 2.75) is 18.9 Å². The van der Waals surface area contributed by atoms with Crippen molar-refractivity contribution in [3.63, 3.8) is 0 Å². The summed E-state index contributed by atoms with van der Waals surface area (Å²) in [5, 5.41) is 0. The van der Waals surface area contributed by atoms with Crippen LogP contribution >= 0.6 is 24.0 Å². The van der Waals surface area contributed by atoms with Crippen LogP contribution in [-0.2, 0) is 4.74 Å². The number of hydrogen-bond donors (Lipinski definition) is 1. The summed E-state index contributed by atoms with van der Waals surface area (Å²) >= 11 is 0. The second-order valence-corrected chi connectivity index (χ2v) is 3.23. The lowest BCUT2D eigenvalue weighted by molar-refractivity contribution is 0.117. The molecule has 0 amide bonds. The highest BCUT2D eigenvalue weighted by Gasteiger charge is 2.14. The molecule has 4 nitrogen and oxygen atoms in total. The van der Waals surface area contributed by atoms with E-state index in [1.54, 1.807) is 4.90 Å². The molecule has 0 bridgehead atoms. The first-order valence-electron chi connectivity index (χ1n) is 4.29. The Morgan fingerprint density at radius 2 is 2.31 bits per heavy atom. The van der Waals surface area contributed by atoms with Gasteiger partial charge in [-0.3, -0.25) is 4.99 Å². The van der Waals surface area contributed by atoms with Crippen LogP contribution < -0.4 is 5.73 Å². The van der Waals surface area contributed by atoms with Crippen molar-refractivity contribution in [2.75, 3.05) is 27.2 Å². The van der Waals surface area contributed by atoms with Crippen molar-refractivity contribution < 1.29 is 4.74 Å². The van der Waals surface area contributed by atoms with Gasteiger partial charge in [0.2, 0.25) is 0 Å². The van der Waals surface area contributed by atoms with Crippen molar-refractivity contribution in [1.82, 2.24) is 4.90 Å². The van der Waals surface area contributed by atoms with Crippen LogP contribution in [0, 0.1) is 0 Å². The van der Waals surface area contributed by atoms with E-state index in [4.69, 9.17) is 10.5 Å². The quantitative estimate of drug-likeness (QED) is 0.463. The third-order valence-electron chi connectivity index (χ3n) is 1.94. The number of hydrogen-bond acceptors (Lipinski definition) is 2. The van der Waals surface area contributed by atoms with Gasteiger partial charge in [0.25, 0.3) is 0 Å². The number of nitrogens with two attached hydrogens (primary N) is 1. The summed E-state index contributed by atoms with van der Waals surface area (Å²) in [6.07, 6.45) is 2.57. The Labute approximate surface area is 96.5 Å². The standard InChI is InChI=1S/C8H17N3O.HI/c1-11(2)8(9)10-6-7-4-3-5-12-7;/h7H,3-6H2,1-2H3,(H2,9,10);1H. The lowest BCUT2D eigenvalue weighted by atomic mass is 10.2. The summed E-state index contributed by atoms with van der Waals surface area (Å²) in [5.74, 6) is 0.575. The highest BCUT2D eigenvalue weighted by molar-refractivity contribution is 14.0. The molecule has 78 valence electrons. The fourth-order valence-corrected chi connectivity index (χ4v) is 1.13. The van der Waals surface area contributed by atoms with Crippen LogP contribution in [0.4, 0.5) is 0 Å². The lowest BCUT2D eigenvalue weighted by Gasteiger charge is -2.12. The molecule has 2 N–H and O–H groups in total. The zero-order chi connectivity index (χ0) is 8.97. The summed E-state index contributed by atoms with van der Waals surface area (Å²) in [5.41, 5.74) is 5.61. The zero-order valence-corrected chi connectivity index (χ0v) is 10.5. The van der Waals surface area contributed by atoms with Crippen molar-refractivity contribution in [3.8, 4) is 0 Å². The van der Waals surface area contributed by atoms with Crippen molar-refractivity contribution in [3.05, 3.63) is 0 Å². The number of rotatable bonds is 2. The molecule has 0 radical (unpaired) electrons. The van der Waals surface area contributed by atoms with E-state index in [0.717, 1.165) is 19.4 Å². The molecule has 0 aromatic heterocycles. The van der Waals surface area contributed by atoms with Gasteiger partial charge < -0.3 is 15.4 Å². The largest absolute Gasteiger partial charge is 0.376 e. The maximum atomic E-state index is 5.61. The molecule has 0 aromatic rings. The molecular formula is C8H18IN3O. The van der Waals surface area contributed by atoms with Crippen LogP contribution in [0.5, 0.6) is 0 Å². The summed E-state index contributed by atoms with van der Waals surface area (Å²) in [7, 11) is 3.77. The Morgan fingerprint density at radius 3 is 2.77 bits per heavy atom. The summed E-state index contributed by atoms with van der Waals surface area (Å²) in [6, 6.07) is 0. The van der Waals surface area contributed by atoms with Crippen LogP contribution in [0.1, 0.15) is 12.8 Å². The summed E-state index contributed by atoms with van der Waals surface area (Å²) < 4.78 is 5.40. The molecule has 0 spiro atoms. The van der Waals surface area contributed by atoms with Gasteiger partial charge in [-0.15, -0.1) is 24.0 Å². The normalized spacial score (nSPS) is 22.6. The van der Waals surface area contributed by atoms with Gasteiger partial charge in [-0.25, -0.2) is 0 Å². The van der Waals surface area contributed by atoms with Crippen LogP contribution in [0.25, 0.3) is 0 Å². The minimum Gasteiger partial charge on any atom is -0.376 e. The van der Waals surface area contributed by atoms with E-state index >= 15 is 0 Å². The molecule has 1 fully saturated rings. The first kappa shape index (κ1) is 13.0. The molecule has 1 heterocycles. The van der Waals surface area contributed by atoms with Crippen LogP contribution in [0.15, 0.2) is 4.99 Å². The maximum absolute atomic E-state index is 5.61. The number of ether oxygens (including phenoxy) is 1. The smallest absolute Gasteiger partial charge is 0.190 e. The molecular weight excluding hydrogens is 281 g/mol. The molecule has 13 heavy (non-hydrogen) atoms. The average Bonchev–Trinajstić information content (AvgIpc) is 2.51. The highest BCUT2D eigenvalue weighted by Crippen LogP contribution is 2.11. The first-order valence-corrected chi connectivity index (χ1v) is 4.29. The Hall–Kier alpha value is -0.0400. The first-order chi connectivity index (χ1) is 5.70. The predicted octanol–water partition coefficient (Wildman–Crippen LogP) is 0.660. The van der Waals surface area contributed by atoms with Crippen LogP contribution in [0.2, 0.25) is 0 Å². The van der Waals surface area contributed by atoms with Gasteiger partial charge in [0.05, 0.1) is 12.6 Å². The Kier molecular flexibility index (Phi) is 6.40. The van der Waals surface area contributed by atoms with Crippen LogP contribution in [-0.4, -0.2) is 44.2 Å². The lowest BCUT2D eigenvalue weighted by Crippen LogP contribution is -2.31. The molecule has 1 saturated heterocycles. The van der Waals surface area contributed by atoms with E-state index in [1.165, 1.54) is 0 Å². The van der Waals surface area contributed by atoms with Gasteiger partial charge in [0.1, 0.15) is 0 Å². The molecule has 0 aromatic carbocycles. The number of nitrogens with zero attached hydrogens (tertiary/aromatic N) is 2. The van der Waals surface area contributed by atoms with E-state index < -0.39 is 0 Å². The zero-order valence-electron chi connectivity index (χ0n) is 8.19. The molecule has 0 aliphatic carbocycles. The van der Waals surface area contributed by atoms with Crippen molar-refractivity contribution in [1.29, 1.82) is 0 Å². The molecule has 1 aliphatic rings. The maximum Gasteiger partial charge on any atom is 0.190 e. The van der Waals surface area contributed by atoms with E-state index in [9.17, 15) is 0 Å². The summed E-state index contributed by atoms with van der Waals surface area (Å²) in [4.78, 5) is 6.00. The van der Waals surface area contributed by atoms with E-state index in [0.29, 0.717) is 18.6 Å². The van der Waals surface area contributed by atoms with Crippen molar-refractivity contribution in [2.24, 2.45) is 10.7 Å². The Morgan fingerprint density at radius 1 is 1.62 bits per heavy atom. The summed E-state index contributed by atoms with van der Waals surface area (Å²) in [6.45, 7) is 1.58. The van der Waals surface area contributed by atoms with E-state index in [2.05, 4.69) is 4.99 Å². The van der Waals surface area contributed by atoms with Gasteiger partial charge in [0, 0.05) is 20.7 Å². The SMILES string of the molecule is CN(C)C(N)=NCC1CCCO1.I. The monoisotopic (exact) mass is 299 g/mol. The average molecular weight is 299 g/mol. The van der Waals surface area contributed by atoms with Gasteiger partial charge in [-0.2, -0.15) is 0 Å². The van der Waals surface area contributed by atoms with E-state index in [-0.39, 0.29) is 24.0 Å². The Bertz CT molecular complexity index is 167. The molecule has 1 atom stereocenters. The van der Waals surface area contributed by atoms with Crippen LogP contribution in [0.3, 0.4) is 0 Å². The van der Waals surface area contributed by atoms with Crippen molar-refractivity contribution >= 4 is 29.9 Å². The number of guanidine groups is 1.